The maximum Gasteiger partial charge on any atom is 0.305 e. The van der Waals surface area contributed by atoms with Crippen molar-refractivity contribution in [3.05, 3.63) is 76.6 Å². The number of nitrogens with zero attached hydrogens (tertiary/aromatic N) is 2. The molecule has 1 aromatic carbocycles. The van der Waals surface area contributed by atoms with Gasteiger partial charge in [0.2, 0.25) is 0 Å². The highest BCUT2D eigenvalue weighted by atomic mass is 16.6. The van der Waals surface area contributed by atoms with Gasteiger partial charge < -0.3 is 9.64 Å². The van der Waals surface area contributed by atoms with Crippen LogP contribution in [0.25, 0.3) is 0 Å². The molecule has 0 spiro atoms. The Morgan fingerprint density at radius 1 is 1.17 bits per heavy atom. The van der Waals surface area contributed by atoms with Crippen LogP contribution in [0.15, 0.2) is 61.0 Å². The van der Waals surface area contributed by atoms with E-state index in [9.17, 15) is 14.9 Å². The SMILES string of the molecule is COC(=O)CCC(c1ccc([N+](=O)[O-])cc1)N1C=CC=CC=C1. The molecule has 23 heavy (non-hydrogen) atoms. The first-order valence-corrected chi connectivity index (χ1v) is 7.22. The van der Waals surface area contributed by atoms with Crippen LogP contribution in [0.3, 0.4) is 0 Å². The van der Waals surface area contributed by atoms with E-state index in [4.69, 9.17) is 4.74 Å². The van der Waals surface area contributed by atoms with E-state index in [0.29, 0.717) is 6.42 Å². The van der Waals surface area contributed by atoms with Crippen LogP contribution in [0.2, 0.25) is 0 Å². The molecule has 1 aliphatic rings. The van der Waals surface area contributed by atoms with Crippen LogP contribution in [0.5, 0.6) is 0 Å². The van der Waals surface area contributed by atoms with Gasteiger partial charge in [-0.15, -0.1) is 0 Å². The number of allylic oxidation sites excluding steroid dienone is 4. The summed E-state index contributed by atoms with van der Waals surface area (Å²) in [4.78, 5) is 23.8. The summed E-state index contributed by atoms with van der Waals surface area (Å²) in [6.45, 7) is 0. The molecule has 0 amide bonds. The fourth-order valence-corrected chi connectivity index (χ4v) is 2.35. The number of hydrogen-bond acceptors (Lipinski definition) is 5. The van der Waals surface area contributed by atoms with Crippen LogP contribution in [0, 0.1) is 10.1 Å². The summed E-state index contributed by atoms with van der Waals surface area (Å²) in [5, 5.41) is 10.8. The monoisotopic (exact) mass is 314 g/mol. The zero-order valence-electron chi connectivity index (χ0n) is 12.8. The van der Waals surface area contributed by atoms with Crippen LogP contribution in [-0.4, -0.2) is 22.9 Å². The summed E-state index contributed by atoms with van der Waals surface area (Å²) in [6.07, 6.45) is 12.2. The van der Waals surface area contributed by atoms with Gasteiger partial charge in [-0.25, -0.2) is 0 Å². The third-order valence-electron chi connectivity index (χ3n) is 3.55. The molecular formula is C17H18N2O4. The maximum absolute atomic E-state index is 11.5. The van der Waals surface area contributed by atoms with E-state index >= 15 is 0 Å². The molecule has 120 valence electrons. The fraction of sp³-hybridized carbons (Fsp3) is 0.235. The van der Waals surface area contributed by atoms with Gasteiger partial charge in [0, 0.05) is 31.0 Å². The Hall–Kier alpha value is -2.89. The van der Waals surface area contributed by atoms with Crippen LogP contribution >= 0.6 is 0 Å². The van der Waals surface area contributed by atoms with Crippen molar-refractivity contribution in [1.82, 2.24) is 4.90 Å². The number of non-ortho nitro benzene ring substituents is 1. The average Bonchev–Trinajstić information content (AvgIpc) is 2.84. The molecule has 1 aromatic rings. The molecule has 0 bridgehead atoms. The Kier molecular flexibility index (Phi) is 5.68. The number of nitro benzene ring substituents is 1. The second-order valence-corrected chi connectivity index (χ2v) is 4.99. The van der Waals surface area contributed by atoms with Gasteiger partial charge >= 0.3 is 5.97 Å². The van der Waals surface area contributed by atoms with Crippen molar-refractivity contribution in [1.29, 1.82) is 0 Å². The second kappa shape index (κ2) is 7.93. The Bertz CT molecular complexity index is 631. The third kappa shape index (κ3) is 4.54. The number of rotatable bonds is 6. The molecule has 1 unspecified atom stereocenters. The topological polar surface area (TPSA) is 72.7 Å². The summed E-state index contributed by atoms with van der Waals surface area (Å²) in [5.74, 6) is -0.280. The third-order valence-corrected chi connectivity index (χ3v) is 3.55. The quantitative estimate of drug-likeness (QED) is 0.456. The number of ether oxygens (including phenoxy) is 1. The normalized spacial score (nSPS) is 14.4. The fourth-order valence-electron chi connectivity index (χ4n) is 2.35. The van der Waals surface area contributed by atoms with Crippen molar-refractivity contribution < 1.29 is 14.5 Å². The molecule has 2 rings (SSSR count). The summed E-state index contributed by atoms with van der Waals surface area (Å²) in [6, 6.07) is 6.29. The molecule has 0 fully saturated rings. The lowest BCUT2D eigenvalue weighted by Crippen LogP contribution is -2.19. The largest absolute Gasteiger partial charge is 0.469 e. The zero-order chi connectivity index (χ0) is 16.7. The van der Waals surface area contributed by atoms with E-state index in [-0.39, 0.29) is 24.1 Å². The molecule has 1 aliphatic heterocycles. The van der Waals surface area contributed by atoms with E-state index in [1.54, 1.807) is 12.1 Å². The number of esters is 1. The van der Waals surface area contributed by atoms with E-state index in [1.165, 1.54) is 19.2 Å². The minimum atomic E-state index is -0.428. The first-order chi connectivity index (χ1) is 11.1. The van der Waals surface area contributed by atoms with Gasteiger partial charge in [0.15, 0.2) is 0 Å². The van der Waals surface area contributed by atoms with Crippen LogP contribution in [0.4, 0.5) is 5.69 Å². The standard InChI is InChI=1S/C17H18N2O4/c1-23-17(20)11-10-16(18-12-4-2-3-5-13-18)14-6-8-15(9-7-14)19(21)22/h2-9,12-13,16H,10-11H2,1H3. The van der Waals surface area contributed by atoms with Gasteiger partial charge in [0.05, 0.1) is 18.1 Å². The maximum atomic E-state index is 11.5. The molecule has 0 aromatic heterocycles. The van der Waals surface area contributed by atoms with Crippen LogP contribution in [-0.2, 0) is 9.53 Å². The Labute approximate surface area is 134 Å². The van der Waals surface area contributed by atoms with Gasteiger partial charge in [-0.3, -0.25) is 14.9 Å². The molecule has 6 heteroatoms. The predicted molar refractivity (Wildman–Crippen MR) is 86.3 cm³/mol. The van der Waals surface area contributed by atoms with Crippen LogP contribution < -0.4 is 0 Å². The predicted octanol–water partition coefficient (Wildman–Crippen LogP) is 3.49. The lowest BCUT2D eigenvalue weighted by molar-refractivity contribution is -0.384. The molecule has 0 aliphatic carbocycles. The molecule has 1 atom stereocenters. The van der Waals surface area contributed by atoms with E-state index < -0.39 is 4.92 Å². The van der Waals surface area contributed by atoms with E-state index in [2.05, 4.69) is 0 Å². The second-order valence-electron chi connectivity index (χ2n) is 4.99. The van der Waals surface area contributed by atoms with Crippen molar-refractivity contribution >= 4 is 11.7 Å². The average molecular weight is 314 g/mol. The van der Waals surface area contributed by atoms with Gasteiger partial charge in [-0.2, -0.15) is 0 Å². The minimum Gasteiger partial charge on any atom is -0.469 e. The molecule has 0 saturated heterocycles. The molecule has 0 saturated carbocycles. The molecule has 6 nitrogen and oxygen atoms in total. The highest BCUT2D eigenvalue weighted by Gasteiger charge is 2.19. The van der Waals surface area contributed by atoms with Crippen molar-refractivity contribution in [2.24, 2.45) is 0 Å². The summed E-state index contributed by atoms with van der Waals surface area (Å²) in [7, 11) is 1.36. The number of carbonyl (C=O) groups is 1. The summed E-state index contributed by atoms with van der Waals surface area (Å²) >= 11 is 0. The molecule has 0 N–H and O–H groups in total. The van der Waals surface area contributed by atoms with E-state index in [1.807, 2.05) is 41.6 Å². The molecular weight excluding hydrogens is 296 g/mol. The number of methoxy groups -OCH3 is 1. The van der Waals surface area contributed by atoms with Crippen molar-refractivity contribution in [2.45, 2.75) is 18.9 Å². The van der Waals surface area contributed by atoms with Crippen molar-refractivity contribution in [2.75, 3.05) is 7.11 Å². The zero-order valence-corrected chi connectivity index (χ0v) is 12.8. The van der Waals surface area contributed by atoms with Crippen molar-refractivity contribution in [3.63, 3.8) is 0 Å². The number of hydrogen-bond donors (Lipinski definition) is 0. The molecule has 1 heterocycles. The van der Waals surface area contributed by atoms with Crippen molar-refractivity contribution in [3.8, 4) is 0 Å². The number of carbonyl (C=O) groups excluding carboxylic acids is 1. The summed E-state index contributed by atoms with van der Waals surface area (Å²) in [5.41, 5.74) is 0.944. The van der Waals surface area contributed by atoms with E-state index in [0.717, 1.165) is 5.56 Å². The lowest BCUT2D eigenvalue weighted by atomic mass is 10.0. The number of nitro groups is 1. The minimum absolute atomic E-state index is 0.0454. The Morgan fingerprint density at radius 3 is 2.30 bits per heavy atom. The summed E-state index contributed by atoms with van der Waals surface area (Å²) < 4.78 is 4.70. The number of benzene rings is 1. The lowest BCUT2D eigenvalue weighted by Gasteiger charge is -2.27. The molecule has 0 radical (unpaired) electrons. The van der Waals surface area contributed by atoms with Crippen LogP contribution in [0.1, 0.15) is 24.4 Å². The van der Waals surface area contributed by atoms with Gasteiger partial charge in [0.1, 0.15) is 0 Å². The highest BCUT2D eigenvalue weighted by Crippen LogP contribution is 2.29. The van der Waals surface area contributed by atoms with Gasteiger partial charge in [-0.1, -0.05) is 24.3 Å². The first-order valence-electron chi connectivity index (χ1n) is 7.22. The van der Waals surface area contributed by atoms with Gasteiger partial charge in [0.25, 0.3) is 5.69 Å². The Morgan fingerprint density at radius 2 is 1.78 bits per heavy atom. The Balaban J connectivity index is 2.24. The van der Waals surface area contributed by atoms with Gasteiger partial charge in [-0.05, 0) is 24.1 Å². The highest BCUT2D eigenvalue weighted by molar-refractivity contribution is 5.69. The first kappa shape index (κ1) is 16.5. The smallest absolute Gasteiger partial charge is 0.305 e.